The molecule has 2 N–H and O–H groups in total. The van der Waals surface area contributed by atoms with Crippen molar-refractivity contribution in [3.8, 4) is 5.75 Å². The highest BCUT2D eigenvalue weighted by Gasteiger charge is 2.26. The second kappa shape index (κ2) is 6.75. The number of anilines is 2. The van der Waals surface area contributed by atoms with E-state index in [0.717, 1.165) is 5.56 Å². The first-order chi connectivity index (χ1) is 12.4. The summed E-state index contributed by atoms with van der Waals surface area (Å²) in [6.45, 7) is 3.40. The fourth-order valence-electron chi connectivity index (χ4n) is 2.56. The summed E-state index contributed by atoms with van der Waals surface area (Å²) in [7, 11) is 1.46. The molecule has 0 bridgehead atoms. The van der Waals surface area contributed by atoms with Crippen LogP contribution in [0.2, 0.25) is 0 Å². The Morgan fingerprint density at radius 1 is 0.962 bits per heavy atom. The van der Waals surface area contributed by atoms with Crippen LogP contribution in [0.5, 0.6) is 5.75 Å². The predicted octanol–water partition coefficient (Wildman–Crippen LogP) is 2.38. The summed E-state index contributed by atoms with van der Waals surface area (Å²) in [5.74, 6) is 0.284. The third-order valence-electron chi connectivity index (χ3n) is 4.01. The minimum atomic E-state index is -0.621. The maximum atomic E-state index is 12.7. The van der Waals surface area contributed by atoms with Crippen LogP contribution in [0.25, 0.3) is 11.0 Å². The number of aryl methyl sites for hydroxylation is 1. The number of urea groups is 1. The minimum Gasteiger partial charge on any atom is -0.710 e. The van der Waals surface area contributed by atoms with E-state index in [1.165, 1.54) is 26.2 Å². The first kappa shape index (κ1) is 17.3. The van der Waals surface area contributed by atoms with Crippen molar-refractivity contribution in [2.24, 2.45) is 0 Å². The van der Waals surface area contributed by atoms with Gasteiger partial charge in [-0.05, 0) is 25.1 Å². The summed E-state index contributed by atoms with van der Waals surface area (Å²) in [5.41, 5.74) is 1.98. The molecule has 0 aliphatic carbocycles. The van der Waals surface area contributed by atoms with Gasteiger partial charge in [0.2, 0.25) is 5.52 Å². The summed E-state index contributed by atoms with van der Waals surface area (Å²) in [5, 5.41) is 30.2. The molecule has 134 valence electrons. The number of hydrogen-bond acceptors (Lipinski definition) is 4. The van der Waals surface area contributed by atoms with Crippen molar-refractivity contribution < 1.29 is 19.0 Å². The lowest BCUT2D eigenvalue weighted by Gasteiger charge is -2.14. The smallest absolute Gasteiger partial charge is 0.411 e. The van der Waals surface area contributed by atoms with Crippen molar-refractivity contribution in [2.75, 3.05) is 17.7 Å². The molecule has 0 saturated carbocycles. The molecule has 8 nitrogen and oxygen atoms in total. The van der Waals surface area contributed by atoms with E-state index in [4.69, 9.17) is 4.74 Å². The third kappa shape index (κ3) is 3.16. The van der Waals surface area contributed by atoms with E-state index in [2.05, 4.69) is 10.6 Å². The van der Waals surface area contributed by atoms with Gasteiger partial charge >= 0.3 is 11.8 Å². The SMILES string of the molecule is COc1ccc2c(c1)[n+]([O-])c(NC(=O)Nc1ccc(C)cc1)c(C)[n+]2[O-]. The molecule has 1 aromatic heterocycles. The van der Waals surface area contributed by atoms with Crippen LogP contribution in [-0.2, 0) is 0 Å². The highest BCUT2D eigenvalue weighted by Crippen LogP contribution is 2.18. The Hall–Kier alpha value is -3.55. The Bertz CT molecular complexity index is 987. The molecular weight excluding hydrogens is 336 g/mol. The van der Waals surface area contributed by atoms with Gasteiger partial charge in [0, 0.05) is 24.7 Å². The molecule has 0 fully saturated rings. The zero-order valence-electron chi connectivity index (χ0n) is 14.6. The van der Waals surface area contributed by atoms with Gasteiger partial charge < -0.3 is 15.2 Å². The Morgan fingerprint density at radius 3 is 2.31 bits per heavy atom. The van der Waals surface area contributed by atoms with Gasteiger partial charge in [-0.2, -0.15) is 10.0 Å². The van der Waals surface area contributed by atoms with Crippen molar-refractivity contribution in [3.63, 3.8) is 0 Å². The number of benzene rings is 2. The topological polar surface area (TPSA) is 104 Å². The van der Waals surface area contributed by atoms with Crippen LogP contribution in [0, 0.1) is 24.3 Å². The van der Waals surface area contributed by atoms with Gasteiger partial charge in [-0.25, -0.2) is 9.52 Å². The number of methoxy groups -OCH3 is 1. The fraction of sp³-hybridized carbons (Fsp3) is 0.167. The van der Waals surface area contributed by atoms with Crippen molar-refractivity contribution in [1.82, 2.24) is 0 Å². The predicted molar refractivity (Wildman–Crippen MR) is 97.0 cm³/mol. The number of aromatic nitrogens is 2. The molecule has 2 amide bonds. The van der Waals surface area contributed by atoms with E-state index >= 15 is 0 Å². The zero-order valence-corrected chi connectivity index (χ0v) is 14.6. The second-order valence-corrected chi connectivity index (χ2v) is 5.82. The molecule has 0 radical (unpaired) electrons. The summed E-state index contributed by atoms with van der Waals surface area (Å²) in [4.78, 5) is 12.2. The van der Waals surface area contributed by atoms with Crippen molar-refractivity contribution in [2.45, 2.75) is 13.8 Å². The largest absolute Gasteiger partial charge is 0.710 e. The Labute approximate surface area is 149 Å². The van der Waals surface area contributed by atoms with Gasteiger partial charge in [0.05, 0.1) is 7.11 Å². The van der Waals surface area contributed by atoms with Gasteiger partial charge in [-0.1, -0.05) is 17.7 Å². The summed E-state index contributed by atoms with van der Waals surface area (Å²) >= 11 is 0. The quantitative estimate of drug-likeness (QED) is 0.556. The number of rotatable bonds is 3. The number of amides is 2. The van der Waals surface area contributed by atoms with E-state index in [1.54, 1.807) is 18.2 Å². The van der Waals surface area contributed by atoms with E-state index in [-0.39, 0.29) is 22.5 Å². The van der Waals surface area contributed by atoms with E-state index < -0.39 is 6.03 Å². The van der Waals surface area contributed by atoms with Crippen LogP contribution in [0.3, 0.4) is 0 Å². The molecular formula is C18H18N4O4. The number of carbonyl (C=O) groups excluding carboxylic acids is 1. The molecule has 0 saturated heterocycles. The maximum absolute atomic E-state index is 12.7. The molecule has 0 unspecified atom stereocenters. The molecule has 0 atom stereocenters. The highest BCUT2D eigenvalue weighted by molar-refractivity contribution is 5.99. The number of fused-ring (bicyclic) bond motifs is 1. The van der Waals surface area contributed by atoms with Crippen LogP contribution in [0.4, 0.5) is 16.3 Å². The van der Waals surface area contributed by atoms with Crippen molar-refractivity contribution in [3.05, 3.63) is 64.1 Å². The number of carbonyl (C=O) groups is 1. The van der Waals surface area contributed by atoms with Crippen LogP contribution in [-0.4, -0.2) is 13.1 Å². The molecule has 1 heterocycles. The molecule has 0 aliphatic rings. The first-order valence-electron chi connectivity index (χ1n) is 7.89. The highest BCUT2D eigenvalue weighted by atomic mass is 16.5. The van der Waals surface area contributed by atoms with Crippen LogP contribution < -0.4 is 24.8 Å². The van der Waals surface area contributed by atoms with Crippen LogP contribution in [0.1, 0.15) is 11.3 Å². The first-order valence-corrected chi connectivity index (χ1v) is 7.89. The summed E-state index contributed by atoms with van der Waals surface area (Å²) < 4.78 is 6.21. The Kier molecular flexibility index (Phi) is 4.49. The normalized spacial score (nSPS) is 10.6. The molecule has 26 heavy (non-hydrogen) atoms. The van der Waals surface area contributed by atoms with Crippen LogP contribution >= 0.6 is 0 Å². The van der Waals surface area contributed by atoms with E-state index in [1.807, 2.05) is 19.1 Å². The van der Waals surface area contributed by atoms with Crippen LogP contribution in [0.15, 0.2) is 42.5 Å². The van der Waals surface area contributed by atoms with Gasteiger partial charge in [0.15, 0.2) is 0 Å². The number of ether oxygens (including phenoxy) is 1. The monoisotopic (exact) mass is 354 g/mol. The lowest BCUT2D eigenvalue weighted by atomic mass is 10.2. The Balaban J connectivity index is 1.96. The van der Waals surface area contributed by atoms with Gasteiger partial charge in [-0.3, -0.25) is 5.32 Å². The fourth-order valence-corrected chi connectivity index (χ4v) is 2.56. The molecule has 3 rings (SSSR count). The summed E-state index contributed by atoms with van der Waals surface area (Å²) in [6.07, 6.45) is 0. The molecule has 2 aromatic carbocycles. The Morgan fingerprint density at radius 2 is 1.65 bits per heavy atom. The number of hydrogen-bond donors (Lipinski definition) is 2. The van der Waals surface area contributed by atoms with Crippen molar-refractivity contribution in [1.29, 1.82) is 0 Å². The van der Waals surface area contributed by atoms with Gasteiger partial charge in [-0.15, -0.1) is 0 Å². The second-order valence-electron chi connectivity index (χ2n) is 5.82. The van der Waals surface area contributed by atoms with Crippen molar-refractivity contribution >= 4 is 28.6 Å². The number of nitrogens with one attached hydrogen (secondary N) is 2. The van der Waals surface area contributed by atoms with Gasteiger partial charge in [0.25, 0.3) is 11.2 Å². The molecule has 0 aliphatic heterocycles. The summed E-state index contributed by atoms with van der Waals surface area (Å²) in [6, 6.07) is 11.1. The maximum Gasteiger partial charge on any atom is 0.411 e. The average molecular weight is 354 g/mol. The van der Waals surface area contributed by atoms with E-state index in [9.17, 15) is 15.2 Å². The lowest BCUT2D eigenvalue weighted by molar-refractivity contribution is -0.623. The lowest BCUT2D eigenvalue weighted by Crippen LogP contribution is -2.44. The van der Waals surface area contributed by atoms with Gasteiger partial charge in [0.1, 0.15) is 5.75 Å². The number of nitrogens with zero attached hydrogens (tertiary/aromatic N) is 2. The minimum absolute atomic E-state index is 0.0803. The third-order valence-corrected chi connectivity index (χ3v) is 4.01. The molecule has 0 spiro atoms. The molecule has 8 heteroatoms. The zero-order chi connectivity index (χ0) is 18.8. The standard InChI is InChI=1S/C18H18N4O4/c1-11-4-6-13(7-5-11)19-18(23)20-17-12(2)21(24)15-9-8-14(26-3)10-16(15)22(17)25/h4-10H,1-3H3,(H2,19,20,23). The average Bonchev–Trinajstić information content (AvgIpc) is 2.64. The molecule has 3 aromatic rings. The van der Waals surface area contributed by atoms with E-state index in [0.29, 0.717) is 20.9 Å².